The van der Waals surface area contributed by atoms with Crippen molar-refractivity contribution in [2.45, 2.75) is 18.9 Å². The highest BCUT2D eigenvalue weighted by molar-refractivity contribution is 9.10. The molecule has 0 saturated carbocycles. The number of nitrogens with two attached hydrogens (primary N) is 1. The Morgan fingerprint density at radius 2 is 2.00 bits per heavy atom. The van der Waals surface area contributed by atoms with E-state index in [2.05, 4.69) is 21.2 Å². The molecule has 3 N–H and O–H groups in total. The van der Waals surface area contributed by atoms with Crippen LogP contribution in [0, 0.1) is 0 Å². The minimum atomic E-state index is -0.345. The second-order valence-corrected chi connectivity index (χ2v) is 6.45. The van der Waals surface area contributed by atoms with Crippen molar-refractivity contribution in [3.05, 3.63) is 52.4 Å². The summed E-state index contributed by atoms with van der Waals surface area (Å²) in [6, 6.07) is 10.2. The lowest BCUT2D eigenvalue weighted by atomic mass is 10.1. The summed E-state index contributed by atoms with van der Waals surface area (Å²) in [4.78, 5) is 26.4. The van der Waals surface area contributed by atoms with E-state index < -0.39 is 0 Å². The monoisotopic (exact) mass is 391 g/mol. The Morgan fingerprint density at radius 3 is 2.62 bits per heavy atom. The number of halogens is 1. The summed E-state index contributed by atoms with van der Waals surface area (Å²) in [6.07, 6.45) is 1.94. The van der Waals surface area contributed by atoms with Crippen LogP contribution in [0.2, 0.25) is 0 Å². The van der Waals surface area contributed by atoms with Gasteiger partial charge in [0.2, 0.25) is 0 Å². The molecule has 1 aliphatic heterocycles. The zero-order valence-corrected chi connectivity index (χ0v) is 14.6. The lowest BCUT2D eigenvalue weighted by Gasteiger charge is -2.23. The van der Waals surface area contributed by atoms with Gasteiger partial charge in [-0.1, -0.05) is 0 Å². The Hall–Kier alpha value is -2.12. The molecule has 2 amide bonds. The van der Waals surface area contributed by atoms with E-state index >= 15 is 0 Å². The highest BCUT2D eigenvalue weighted by atomic mass is 79.9. The molecule has 126 valence electrons. The molecule has 2 heterocycles. The number of rotatable bonds is 4. The highest BCUT2D eigenvalue weighted by Gasteiger charge is 2.28. The molecule has 1 atom stereocenters. The Balaban J connectivity index is 1.67. The Labute approximate surface area is 148 Å². The predicted molar refractivity (Wildman–Crippen MR) is 93.9 cm³/mol. The van der Waals surface area contributed by atoms with Gasteiger partial charge < -0.3 is 20.4 Å². The molecule has 6 nitrogen and oxygen atoms in total. The van der Waals surface area contributed by atoms with E-state index in [1.54, 1.807) is 36.4 Å². The largest absolute Gasteiger partial charge is 0.444 e. The van der Waals surface area contributed by atoms with Crippen molar-refractivity contribution < 1.29 is 14.0 Å². The van der Waals surface area contributed by atoms with E-state index in [0.717, 1.165) is 19.4 Å². The standard InChI is InChI=1S/C17H18BrN3O3/c18-15-8-7-14(24-15)16(22)20-12-5-3-11(4-6-12)17(23)21-9-1-2-13(21)10-19/h3-8,13H,1-2,9-10,19H2,(H,20,22). The van der Waals surface area contributed by atoms with Crippen LogP contribution in [-0.4, -0.2) is 35.8 Å². The van der Waals surface area contributed by atoms with Crippen molar-refractivity contribution >= 4 is 33.4 Å². The molecule has 0 aliphatic carbocycles. The van der Waals surface area contributed by atoms with Crippen LogP contribution in [0.5, 0.6) is 0 Å². The van der Waals surface area contributed by atoms with Gasteiger partial charge in [-0.05, 0) is 65.2 Å². The summed E-state index contributed by atoms with van der Waals surface area (Å²) in [5.41, 5.74) is 6.91. The molecular formula is C17H18BrN3O3. The minimum Gasteiger partial charge on any atom is -0.444 e. The number of nitrogens with one attached hydrogen (secondary N) is 1. The summed E-state index contributed by atoms with van der Waals surface area (Å²) in [6.45, 7) is 1.23. The molecule has 1 saturated heterocycles. The van der Waals surface area contributed by atoms with Gasteiger partial charge in [0.05, 0.1) is 0 Å². The molecule has 1 aromatic heterocycles. The predicted octanol–water partition coefficient (Wildman–Crippen LogP) is 2.86. The molecule has 1 unspecified atom stereocenters. The van der Waals surface area contributed by atoms with Crippen LogP contribution in [0.15, 0.2) is 45.5 Å². The number of nitrogens with zero attached hydrogens (tertiary/aromatic N) is 1. The number of furan rings is 1. The average Bonchev–Trinajstić information content (AvgIpc) is 3.23. The molecular weight excluding hydrogens is 374 g/mol. The first-order valence-electron chi connectivity index (χ1n) is 7.76. The summed E-state index contributed by atoms with van der Waals surface area (Å²) < 4.78 is 5.70. The molecule has 0 bridgehead atoms. The first-order chi connectivity index (χ1) is 11.6. The first-order valence-corrected chi connectivity index (χ1v) is 8.55. The minimum absolute atomic E-state index is 0.0178. The molecule has 2 aromatic rings. The number of likely N-dealkylation sites (tertiary alicyclic amines) is 1. The fraction of sp³-hybridized carbons (Fsp3) is 0.294. The van der Waals surface area contributed by atoms with E-state index in [1.165, 1.54) is 0 Å². The number of carbonyl (C=O) groups is 2. The zero-order valence-electron chi connectivity index (χ0n) is 13.0. The van der Waals surface area contributed by atoms with Crippen molar-refractivity contribution in [1.29, 1.82) is 0 Å². The molecule has 1 aliphatic rings. The lowest BCUT2D eigenvalue weighted by Crippen LogP contribution is -2.39. The van der Waals surface area contributed by atoms with Crippen molar-refractivity contribution in [3.63, 3.8) is 0 Å². The Kier molecular flexibility index (Phi) is 5.01. The molecule has 0 spiro atoms. The summed E-state index contributed by atoms with van der Waals surface area (Å²) in [7, 11) is 0. The van der Waals surface area contributed by atoms with Crippen LogP contribution < -0.4 is 11.1 Å². The third kappa shape index (κ3) is 3.52. The van der Waals surface area contributed by atoms with Crippen LogP contribution in [0.25, 0.3) is 0 Å². The molecule has 1 fully saturated rings. The molecule has 3 rings (SSSR count). The highest BCUT2D eigenvalue weighted by Crippen LogP contribution is 2.21. The Bertz CT molecular complexity index is 742. The second kappa shape index (κ2) is 7.19. The van der Waals surface area contributed by atoms with E-state index in [0.29, 0.717) is 22.5 Å². The third-order valence-corrected chi connectivity index (χ3v) is 4.52. The maximum absolute atomic E-state index is 12.5. The molecule has 24 heavy (non-hydrogen) atoms. The summed E-state index contributed by atoms with van der Waals surface area (Å²) in [5, 5.41) is 2.73. The van der Waals surface area contributed by atoms with Crippen molar-refractivity contribution in [2.24, 2.45) is 5.73 Å². The number of anilines is 1. The third-order valence-electron chi connectivity index (χ3n) is 4.10. The van der Waals surface area contributed by atoms with Crippen molar-refractivity contribution in [2.75, 3.05) is 18.4 Å². The Morgan fingerprint density at radius 1 is 1.25 bits per heavy atom. The smallest absolute Gasteiger partial charge is 0.291 e. The van der Waals surface area contributed by atoms with E-state index in [-0.39, 0.29) is 23.6 Å². The maximum atomic E-state index is 12.5. The van der Waals surface area contributed by atoms with Crippen LogP contribution >= 0.6 is 15.9 Å². The normalized spacial score (nSPS) is 17.1. The quantitative estimate of drug-likeness (QED) is 0.838. The number of hydrogen-bond donors (Lipinski definition) is 2. The van der Waals surface area contributed by atoms with Gasteiger partial charge in [0.25, 0.3) is 11.8 Å². The van der Waals surface area contributed by atoms with Gasteiger partial charge in [0, 0.05) is 30.4 Å². The van der Waals surface area contributed by atoms with Gasteiger partial charge in [0.15, 0.2) is 10.4 Å². The lowest BCUT2D eigenvalue weighted by molar-refractivity contribution is 0.0741. The molecule has 0 radical (unpaired) electrons. The first kappa shape index (κ1) is 16.7. The SMILES string of the molecule is NCC1CCCN1C(=O)c1ccc(NC(=O)c2ccc(Br)o2)cc1. The van der Waals surface area contributed by atoms with Gasteiger partial charge in [-0.3, -0.25) is 9.59 Å². The summed E-state index contributed by atoms with van der Waals surface area (Å²) in [5.74, 6) is -0.150. The zero-order chi connectivity index (χ0) is 17.1. The average molecular weight is 392 g/mol. The maximum Gasteiger partial charge on any atom is 0.291 e. The number of benzene rings is 1. The van der Waals surface area contributed by atoms with Gasteiger partial charge >= 0.3 is 0 Å². The van der Waals surface area contributed by atoms with Crippen LogP contribution in [-0.2, 0) is 0 Å². The molecule has 1 aromatic carbocycles. The van der Waals surface area contributed by atoms with E-state index in [4.69, 9.17) is 10.2 Å². The van der Waals surface area contributed by atoms with E-state index in [1.807, 2.05) is 4.90 Å². The van der Waals surface area contributed by atoms with Gasteiger partial charge in [-0.25, -0.2) is 0 Å². The van der Waals surface area contributed by atoms with Gasteiger partial charge in [-0.2, -0.15) is 0 Å². The van der Waals surface area contributed by atoms with Gasteiger partial charge in [0.1, 0.15) is 0 Å². The van der Waals surface area contributed by atoms with Gasteiger partial charge in [-0.15, -0.1) is 0 Å². The topological polar surface area (TPSA) is 88.6 Å². The fourth-order valence-corrected chi connectivity index (χ4v) is 3.15. The summed E-state index contributed by atoms with van der Waals surface area (Å²) >= 11 is 3.16. The number of hydrogen-bond acceptors (Lipinski definition) is 4. The van der Waals surface area contributed by atoms with Crippen molar-refractivity contribution in [1.82, 2.24) is 4.90 Å². The van der Waals surface area contributed by atoms with Crippen LogP contribution in [0.3, 0.4) is 0 Å². The van der Waals surface area contributed by atoms with Crippen LogP contribution in [0.1, 0.15) is 33.8 Å². The van der Waals surface area contributed by atoms with Crippen molar-refractivity contribution in [3.8, 4) is 0 Å². The number of amides is 2. The van der Waals surface area contributed by atoms with E-state index in [9.17, 15) is 9.59 Å². The second-order valence-electron chi connectivity index (χ2n) is 5.67. The molecule has 7 heteroatoms. The number of carbonyl (C=O) groups excluding carboxylic acids is 2. The fourth-order valence-electron chi connectivity index (χ4n) is 2.84. The van der Waals surface area contributed by atoms with Crippen LogP contribution in [0.4, 0.5) is 5.69 Å².